The molecule has 20 heavy (non-hydrogen) atoms. The Morgan fingerprint density at radius 3 is 2.15 bits per heavy atom. The van der Waals surface area contributed by atoms with Gasteiger partial charge in [-0.1, -0.05) is 12.1 Å². The first kappa shape index (κ1) is 16.5. The van der Waals surface area contributed by atoms with Gasteiger partial charge in [0.1, 0.15) is 0 Å². The van der Waals surface area contributed by atoms with E-state index in [9.17, 15) is 4.79 Å². The number of amides is 1. The summed E-state index contributed by atoms with van der Waals surface area (Å²) in [4.78, 5) is 12.4. The molecule has 0 radical (unpaired) electrons. The Kier molecular flexibility index (Phi) is 5.53. The lowest BCUT2D eigenvalue weighted by molar-refractivity contribution is -0.139. The van der Waals surface area contributed by atoms with E-state index in [4.69, 9.17) is 15.2 Å². The molecular formula is C15H24N2O3. The summed E-state index contributed by atoms with van der Waals surface area (Å²) in [5.41, 5.74) is 6.59. The van der Waals surface area contributed by atoms with Crippen molar-refractivity contribution in [2.75, 3.05) is 20.0 Å². The largest absolute Gasteiger partial charge is 0.399 e. The number of anilines is 1. The lowest BCUT2D eigenvalue weighted by Gasteiger charge is -2.29. The standard InChI is InChI=1S/C15H24N2O3/c1-10(13(19-4)20-5)17-14(18)15(2,3)11-6-8-12(16)9-7-11/h6-10,13H,16H2,1-5H3,(H,17,18). The van der Waals surface area contributed by atoms with E-state index in [-0.39, 0.29) is 11.9 Å². The molecule has 0 saturated carbocycles. The van der Waals surface area contributed by atoms with Gasteiger partial charge < -0.3 is 20.5 Å². The maximum atomic E-state index is 12.4. The van der Waals surface area contributed by atoms with E-state index < -0.39 is 11.7 Å². The Morgan fingerprint density at radius 1 is 1.20 bits per heavy atom. The van der Waals surface area contributed by atoms with Crippen molar-refractivity contribution in [2.24, 2.45) is 0 Å². The number of nitrogens with two attached hydrogens (primary N) is 1. The van der Waals surface area contributed by atoms with Crippen LogP contribution in [0.3, 0.4) is 0 Å². The lowest BCUT2D eigenvalue weighted by atomic mass is 9.83. The zero-order chi connectivity index (χ0) is 15.3. The molecule has 0 aliphatic rings. The number of carbonyl (C=O) groups excluding carboxylic acids is 1. The Hall–Kier alpha value is -1.59. The molecule has 1 aromatic rings. The third kappa shape index (κ3) is 3.71. The summed E-state index contributed by atoms with van der Waals surface area (Å²) in [6.07, 6.45) is -0.471. The third-order valence-electron chi connectivity index (χ3n) is 3.43. The van der Waals surface area contributed by atoms with Crippen LogP contribution in [-0.2, 0) is 19.7 Å². The number of methoxy groups -OCH3 is 2. The van der Waals surface area contributed by atoms with Crippen LogP contribution in [0.5, 0.6) is 0 Å². The molecule has 0 bridgehead atoms. The molecule has 5 nitrogen and oxygen atoms in total. The van der Waals surface area contributed by atoms with Gasteiger partial charge in [0.15, 0.2) is 6.29 Å². The first-order valence-electron chi connectivity index (χ1n) is 6.55. The second-order valence-corrected chi connectivity index (χ2v) is 5.35. The molecule has 3 N–H and O–H groups in total. The number of hydrogen-bond acceptors (Lipinski definition) is 4. The zero-order valence-electron chi connectivity index (χ0n) is 12.8. The summed E-state index contributed by atoms with van der Waals surface area (Å²) in [6.45, 7) is 5.58. The van der Waals surface area contributed by atoms with Crippen LogP contribution in [-0.4, -0.2) is 32.5 Å². The predicted octanol–water partition coefficient (Wildman–Crippen LogP) is 1.67. The molecule has 1 rings (SSSR count). The van der Waals surface area contributed by atoms with Crippen LogP contribution in [0, 0.1) is 0 Å². The van der Waals surface area contributed by atoms with Crippen molar-refractivity contribution in [2.45, 2.75) is 38.5 Å². The fraction of sp³-hybridized carbons (Fsp3) is 0.533. The normalized spacial score (nSPS) is 13.3. The molecule has 0 fully saturated rings. The van der Waals surface area contributed by atoms with E-state index in [0.717, 1.165) is 5.56 Å². The van der Waals surface area contributed by atoms with Gasteiger partial charge in [0.2, 0.25) is 5.91 Å². The molecular weight excluding hydrogens is 256 g/mol. The van der Waals surface area contributed by atoms with Crippen molar-refractivity contribution in [1.29, 1.82) is 0 Å². The van der Waals surface area contributed by atoms with Gasteiger partial charge in [0.25, 0.3) is 0 Å². The highest BCUT2D eigenvalue weighted by atomic mass is 16.7. The molecule has 1 atom stereocenters. The average Bonchev–Trinajstić information content (AvgIpc) is 2.40. The van der Waals surface area contributed by atoms with Gasteiger partial charge in [0.05, 0.1) is 11.5 Å². The summed E-state index contributed by atoms with van der Waals surface area (Å²) in [5, 5.41) is 2.92. The van der Waals surface area contributed by atoms with Crippen LogP contribution in [0.1, 0.15) is 26.3 Å². The van der Waals surface area contributed by atoms with E-state index in [0.29, 0.717) is 5.69 Å². The minimum atomic E-state index is -0.659. The van der Waals surface area contributed by atoms with E-state index in [1.54, 1.807) is 26.4 Å². The minimum Gasteiger partial charge on any atom is -0.399 e. The maximum absolute atomic E-state index is 12.4. The third-order valence-corrected chi connectivity index (χ3v) is 3.43. The minimum absolute atomic E-state index is 0.0890. The summed E-state index contributed by atoms with van der Waals surface area (Å²) < 4.78 is 10.3. The number of carbonyl (C=O) groups is 1. The fourth-order valence-electron chi connectivity index (χ4n) is 1.99. The van der Waals surface area contributed by atoms with E-state index in [1.807, 2.05) is 32.9 Å². The van der Waals surface area contributed by atoms with Gasteiger partial charge in [-0.3, -0.25) is 4.79 Å². The smallest absolute Gasteiger partial charge is 0.230 e. The van der Waals surface area contributed by atoms with Gasteiger partial charge in [-0.2, -0.15) is 0 Å². The highest BCUT2D eigenvalue weighted by molar-refractivity contribution is 5.87. The summed E-state index contributed by atoms with van der Waals surface area (Å²) in [6, 6.07) is 7.07. The average molecular weight is 280 g/mol. The van der Waals surface area contributed by atoms with Gasteiger partial charge in [-0.05, 0) is 38.5 Å². The van der Waals surface area contributed by atoms with Gasteiger partial charge in [-0.15, -0.1) is 0 Å². The molecule has 1 unspecified atom stereocenters. The van der Waals surface area contributed by atoms with E-state index in [2.05, 4.69) is 5.32 Å². The molecule has 0 saturated heterocycles. The number of rotatable bonds is 6. The summed E-state index contributed by atoms with van der Waals surface area (Å²) in [7, 11) is 3.09. The highest BCUT2D eigenvalue weighted by Gasteiger charge is 2.32. The summed E-state index contributed by atoms with van der Waals surface area (Å²) in [5.74, 6) is -0.0890. The zero-order valence-corrected chi connectivity index (χ0v) is 12.8. The van der Waals surface area contributed by atoms with Crippen LogP contribution < -0.4 is 11.1 Å². The van der Waals surface area contributed by atoms with Gasteiger partial charge >= 0.3 is 0 Å². The number of ether oxygens (including phenoxy) is 2. The molecule has 112 valence electrons. The SMILES string of the molecule is COC(OC)C(C)NC(=O)C(C)(C)c1ccc(N)cc1. The lowest BCUT2D eigenvalue weighted by Crippen LogP contribution is -2.49. The molecule has 0 heterocycles. The quantitative estimate of drug-likeness (QED) is 0.614. The number of benzene rings is 1. The predicted molar refractivity (Wildman–Crippen MR) is 79.3 cm³/mol. The van der Waals surface area contributed by atoms with Crippen LogP contribution in [0.25, 0.3) is 0 Å². The fourth-order valence-corrected chi connectivity index (χ4v) is 1.99. The Balaban J connectivity index is 2.81. The van der Waals surface area contributed by atoms with Gasteiger partial charge in [-0.25, -0.2) is 0 Å². The van der Waals surface area contributed by atoms with Crippen molar-refractivity contribution in [1.82, 2.24) is 5.32 Å². The number of nitrogen functional groups attached to an aromatic ring is 1. The van der Waals surface area contributed by atoms with Crippen LogP contribution in [0.2, 0.25) is 0 Å². The van der Waals surface area contributed by atoms with Gasteiger partial charge in [0, 0.05) is 19.9 Å². The van der Waals surface area contributed by atoms with Crippen molar-refractivity contribution in [3.05, 3.63) is 29.8 Å². The first-order chi connectivity index (χ1) is 9.32. The Bertz CT molecular complexity index is 439. The van der Waals surface area contributed by atoms with E-state index >= 15 is 0 Å². The van der Waals surface area contributed by atoms with E-state index in [1.165, 1.54) is 0 Å². The molecule has 0 aromatic heterocycles. The molecule has 1 amide bonds. The van der Waals surface area contributed by atoms with Crippen molar-refractivity contribution in [3.63, 3.8) is 0 Å². The van der Waals surface area contributed by atoms with Crippen molar-refractivity contribution >= 4 is 11.6 Å². The Morgan fingerprint density at radius 2 is 1.70 bits per heavy atom. The second kappa shape index (κ2) is 6.72. The van der Waals surface area contributed by atoms with Crippen molar-refractivity contribution in [3.8, 4) is 0 Å². The molecule has 0 aliphatic heterocycles. The maximum Gasteiger partial charge on any atom is 0.230 e. The van der Waals surface area contributed by atoms with Crippen LogP contribution >= 0.6 is 0 Å². The second-order valence-electron chi connectivity index (χ2n) is 5.35. The summed E-state index contributed by atoms with van der Waals surface area (Å²) >= 11 is 0. The first-order valence-corrected chi connectivity index (χ1v) is 6.55. The number of nitrogens with one attached hydrogen (secondary N) is 1. The molecule has 0 aliphatic carbocycles. The Labute approximate surface area is 120 Å². The number of hydrogen-bond donors (Lipinski definition) is 2. The van der Waals surface area contributed by atoms with Crippen LogP contribution in [0.15, 0.2) is 24.3 Å². The highest BCUT2D eigenvalue weighted by Crippen LogP contribution is 2.24. The molecule has 0 spiro atoms. The molecule has 5 heteroatoms. The monoisotopic (exact) mass is 280 g/mol. The topological polar surface area (TPSA) is 73.6 Å². The molecule has 1 aromatic carbocycles. The van der Waals surface area contributed by atoms with Crippen LogP contribution in [0.4, 0.5) is 5.69 Å². The van der Waals surface area contributed by atoms with Crippen molar-refractivity contribution < 1.29 is 14.3 Å².